The number of halogens is 1. The van der Waals surface area contributed by atoms with Gasteiger partial charge in [-0.2, -0.15) is 4.99 Å². The summed E-state index contributed by atoms with van der Waals surface area (Å²) in [6.45, 7) is 2.78. The van der Waals surface area contributed by atoms with E-state index >= 15 is 0 Å². The quantitative estimate of drug-likeness (QED) is 0.662. The molecule has 2 N–H and O–H groups in total. The van der Waals surface area contributed by atoms with Crippen LogP contribution in [0.25, 0.3) is 0 Å². The molecule has 1 fully saturated rings. The number of amidine groups is 1. The van der Waals surface area contributed by atoms with Crippen molar-refractivity contribution in [2.75, 3.05) is 33.4 Å². The fraction of sp³-hybridized carbons (Fsp3) is 0.263. The maximum Gasteiger partial charge on any atom is 0.228 e. The Kier molecular flexibility index (Phi) is 7.44. The summed E-state index contributed by atoms with van der Waals surface area (Å²) >= 11 is 0. The summed E-state index contributed by atoms with van der Waals surface area (Å²) in [4.78, 5) is 11.4. The van der Waals surface area contributed by atoms with E-state index in [0.29, 0.717) is 25.0 Å². The van der Waals surface area contributed by atoms with Gasteiger partial charge in [-0.1, -0.05) is 30.3 Å². The second-order valence-corrected chi connectivity index (χ2v) is 5.57. The van der Waals surface area contributed by atoms with E-state index in [2.05, 4.69) is 14.9 Å². The lowest BCUT2D eigenvalue weighted by Crippen LogP contribution is -2.40. The van der Waals surface area contributed by atoms with Crippen LogP contribution in [-0.4, -0.2) is 50.1 Å². The SMILES string of the molecule is COc1ccc(N=C(N=C(N)c2ccccc2)N2CCOCC2)cc1.Cl. The van der Waals surface area contributed by atoms with Gasteiger partial charge in [-0.15, -0.1) is 12.4 Å². The smallest absolute Gasteiger partial charge is 0.228 e. The first-order valence-electron chi connectivity index (χ1n) is 8.21. The van der Waals surface area contributed by atoms with Crippen molar-refractivity contribution in [1.29, 1.82) is 0 Å². The molecule has 138 valence electrons. The standard InChI is InChI=1S/C19H22N4O2.ClH/c1-24-17-9-7-16(8-10-17)21-19(23-11-13-25-14-12-23)22-18(20)15-5-3-2-4-6-15;/h2-10H,11-14H2,1H3,(H2,20,21,22);1H. The Bertz CT molecular complexity index is 742. The van der Waals surface area contributed by atoms with Crippen molar-refractivity contribution in [3.63, 3.8) is 0 Å². The van der Waals surface area contributed by atoms with E-state index in [1.54, 1.807) is 7.11 Å². The van der Waals surface area contributed by atoms with Crippen LogP contribution >= 0.6 is 12.4 Å². The molecule has 0 amide bonds. The molecular weight excluding hydrogens is 352 g/mol. The van der Waals surface area contributed by atoms with Crippen LogP contribution in [0.2, 0.25) is 0 Å². The molecule has 1 aliphatic heterocycles. The van der Waals surface area contributed by atoms with Crippen molar-refractivity contribution < 1.29 is 9.47 Å². The summed E-state index contributed by atoms with van der Waals surface area (Å²) < 4.78 is 10.6. The van der Waals surface area contributed by atoms with Gasteiger partial charge in [0.05, 0.1) is 26.0 Å². The molecular formula is C19H23ClN4O2. The maximum absolute atomic E-state index is 6.19. The van der Waals surface area contributed by atoms with Crippen LogP contribution in [0, 0.1) is 0 Å². The Hall–Kier alpha value is -2.57. The first kappa shape index (κ1) is 19.8. The summed E-state index contributed by atoms with van der Waals surface area (Å²) in [6.07, 6.45) is 0. The van der Waals surface area contributed by atoms with Crippen molar-refractivity contribution in [2.24, 2.45) is 15.7 Å². The first-order chi connectivity index (χ1) is 12.3. The van der Waals surface area contributed by atoms with Crippen molar-refractivity contribution in [3.8, 4) is 5.75 Å². The van der Waals surface area contributed by atoms with Crippen molar-refractivity contribution in [3.05, 3.63) is 60.2 Å². The van der Waals surface area contributed by atoms with E-state index in [-0.39, 0.29) is 12.4 Å². The number of morpholine rings is 1. The number of guanidine groups is 1. The highest BCUT2D eigenvalue weighted by Crippen LogP contribution is 2.19. The highest BCUT2D eigenvalue weighted by atomic mass is 35.5. The largest absolute Gasteiger partial charge is 0.497 e. The summed E-state index contributed by atoms with van der Waals surface area (Å²) in [7, 11) is 1.64. The van der Waals surface area contributed by atoms with Gasteiger partial charge in [-0.25, -0.2) is 4.99 Å². The number of benzene rings is 2. The highest BCUT2D eigenvalue weighted by Gasteiger charge is 2.16. The minimum absolute atomic E-state index is 0. The minimum atomic E-state index is 0. The number of hydrogen-bond donors (Lipinski definition) is 1. The lowest BCUT2D eigenvalue weighted by atomic mass is 10.2. The van der Waals surface area contributed by atoms with E-state index in [9.17, 15) is 0 Å². The zero-order valence-corrected chi connectivity index (χ0v) is 15.5. The topological polar surface area (TPSA) is 72.4 Å². The predicted octanol–water partition coefficient (Wildman–Crippen LogP) is 2.84. The molecule has 7 heteroatoms. The van der Waals surface area contributed by atoms with Crippen LogP contribution in [0.15, 0.2) is 64.6 Å². The molecule has 1 saturated heterocycles. The van der Waals surface area contributed by atoms with Crippen molar-refractivity contribution in [1.82, 2.24) is 4.90 Å². The Morgan fingerprint density at radius 3 is 2.31 bits per heavy atom. The van der Waals surface area contributed by atoms with Crippen LogP contribution in [0.5, 0.6) is 5.75 Å². The lowest BCUT2D eigenvalue weighted by Gasteiger charge is -2.27. The van der Waals surface area contributed by atoms with E-state index in [4.69, 9.17) is 15.2 Å². The number of nitrogens with zero attached hydrogens (tertiary/aromatic N) is 3. The average molecular weight is 375 g/mol. The zero-order valence-electron chi connectivity index (χ0n) is 14.7. The summed E-state index contributed by atoms with van der Waals surface area (Å²) in [5.41, 5.74) is 7.86. The number of ether oxygens (including phenoxy) is 2. The molecule has 0 saturated carbocycles. The van der Waals surface area contributed by atoms with Gasteiger partial charge in [0.15, 0.2) is 0 Å². The average Bonchev–Trinajstić information content (AvgIpc) is 2.69. The zero-order chi connectivity index (χ0) is 17.5. The number of hydrogen-bond acceptors (Lipinski definition) is 3. The van der Waals surface area contributed by atoms with Crippen LogP contribution in [0.1, 0.15) is 5.56 Å². The second-order valence-electron chi connectivity index (χ2n) is 5.57. The molecule has 3 rings (SSSR count). The Balaban J connectivity index is 0.00000243. The highest BCUT2D eigenvalue weighted by molar-refractivity contribution is 6.05. The number of methoxy groups -OCH3 is 1. The summed E-state index contributed by atoms with van der Waals surface area (Å²) in [5, 5.41) is 0. The molecule has 0 aliphatic carbocycles. The third-order valence-corrected chi connectivity index (χ3v) is 3.89. The van der Waals surface area contributed by atoms with Gasteiger partial charge in [0.2, 0.25) is 5.96 Å². The number of nitrogens with two attached hydrogens (primary N) is 1. The molecule has 0 radical (unpaired) electrons. The summed E-state index contributed by atoms with van der Waals surface area (Å²) in [6, 6.07) is 17.2. The minimum Gasteiger partial charge on any atom is -0.497 e. The molecule has 0 aromatic heterocycles. The molecule has 2 aromatic carbocycles. The van der Waals surface area contributed by atoms with Gasteiger partial charge in [-0.05, 0) is 24.3 Å². The molecule has 1 aliphatic rings. The first-order valence-corrected chi connectivity index (χ1v) is 8.21. The summed E-state index contributed by atoms with van der Waals surface area (Å²) in [5.74, 6) is 1.83. The number of rotatable bonds is 3. The molecule has 0 unspecified atom stereocenters. The van der Waals surface area contributed by atoms with Gasteiger partial charge in [0, 0.05) is 18.7 Å². The molecule has 1 heterocycles. The second kappa shape index (κ2) is 9.79. The van der Waals surface area contributed by atoms with E-state index < -0.39 is 0 Å². The van der Waals surface area contributed by atoms with Crippen LogP contribution < -0.4 is 10.5 Å². The number of aliphatic imine (C=N–C) groups is 2. The molecule has 26 heavy (non-hydrogen) atoms. The monoisotopic (exact) mass is 374 g/mol. The van der Waals surface area contributed by atoms with Crippen LogP contribution in [0.4, 0.5) is 5.69 Å². The van der Waals surface area contributed by atoms with Gasteiger partial charge in [0.25, 0.3) is 0 Å². The Labute approximate surface area is 159 Å². The third-order valence-electron chi connectivity index (χ3n) is 3.89. The van der Waals surface area contributed by atoms with Gasteiger partial charge < -0.3 is 20.1 Å². The van der Waals surface area contributed by atoms with E-state index in [0.717, 1.165) is 30.1 Å². The van der Waals surface area contributed by atoms with Gasteiger partial charge >= 0.3 is 0 Å². The maximum atomic E-state index is 6.19. The molecule has 0 bridgehead atoms. The van der Waals surface area contributed by atoms with Crippen LogP contribution in [0.3, 0.4) is 0 Å². The predicted molar refractivity (Wildman–Crippen MR) is 107 cm³/mol. The molecule has 0 spiro atoms. The van der Waals surface area contributed by atoms with Crippen molar-refractivity contribution in [2.45, 2.75) is 0 Å². The Morgan fingerprint density at radius 2 is 1.69 bits per heavy atom. The lowest BCUT2D eigenvalue weighted by molar-refractivity contribution is 0.0676. The molecule has 6 nitrogen and oxygen atoms in total. The fourth-order valence-electron chi connectivity index (χ4n) is 2.48. The Morgan fingerprint density at radius 1 is 1.04 bits per heavy atom. The van der Waals surface area contributed by atoms with Gasteiger partial charge in [0.1, 0.15) is 11.6 Å². The van der Waals surface area contributed by atoms with E-state index in [1.807, 2.05) is 54.6 Å². The third kappa shape index (κ3) is 5.21. The normalized spacial score (nSPS) is 15.3. The van der Waals surface area contributed by atoms with E-state index in [1.165, 1.54) is 0 Å². The van der Waals surface area contributed by atoms with Crippen molar-refractivity contribution >= 4 is 29.9 Å². The molecule has 2 aromatic rings. The van der Waals surface area contributed by atoms with Gasteiger partial charge in [-0.3, -0.25) is 0 Å². The van der Waals surface area contributed by atoms with Crippen LogP contribution in [-0.2, 0) is 4.74 Å². The fourth-order valence-corrected chi connectivity index (χ4v) is 2.48. The molecule has 0 atom stereocenters.